The summed E-state index contributed by atoms with van der Waals surface area (Å²) >= 11 is 0. The Bertz CT molecular complexity index is 1690. The first-order chi connectivity index (χ1) is 18.8. The van der Waals surface area contributed by atoms with Crippen molar-refractivity contribution in [2.75, 3.05) is 12.4 Å². The van der Waals surface area contributed by atoms with E-state index < -0.39 is 18.3 Å². The smallest absolute Gasteiger partial charge is 0.338 e. The number of benzene rings is 2. The lowest BCUT2D eigenvalue weighted by molar-refractivity contribution is 0.0599. The molecule has 11 heteroatoms. The van der Waals surface area contributed by atoms with E-state index in [2.05, 4.69) is 20.5 Å². The lowest BCUT2D eigenvalue weighted by Crippen LogP contribution is -2.14. The summed E-state index contributed by atoms with van der Waals surface area (Å²) in [6.45, 7) is 3.79. The number of aryl methyl sites for hydroxylation is 1. The van der Waals surface area contributed by atoms with Gasteiger partial charge in [0, 0.05) is 5.56 Å². The highest BCUT2D eigenvalue weighted by atomic mass is 19.3. The number of fused-ring (bicyclic) bond motifs is 1. The number of anilines is 1. The Hall–Kier alpha value is -4.93. The van der Waals surface area contributed by atoms with E-state index in [4.69, 9.17) is 4.74 Å². The molecule has 0 aliphatic carbocycles. The maximum absolute atomic E-state index is 13.9. The van der Waals surface area contributed by atoms with Gasteiger partial charge in [-0.15, -0.1) is 0 Å². The number of nitrogens with one attached hydrogen (secondary N) is 1. The molecule has 3 heterocycles. The molecule has 2 aromatic carbocycles. The second-order valence-corrected chi connectivity index (χ2v) is 8.83. The highest BCUT2D eigenvalue weighted by Crippen LogP contribution is 2.28. The van der Waals surface area contributed by atoms with Crippen molar-refractivity contribution in [3.63, 3.8) is 0 Å². The van der Waals surface area contributed by atoms with E-state index >= 15 is 0 Å². The molecule has 5 aromatic rings. The van der Waals surface area contributed by atoms with Gasteiger partial charge in [-0.2, -0.15) is 10.2 Å². The van der Waals surface area contributed by atoms with Crippen molar-refractivity contribution in [1.82, 2.24) is 24.4 Å². The highest BCUT2D eigenvalue weighted by molar-refractivity contribution is 6.08. The van der Waals surface area contributed by atoms with Crippen LogP contribution in [0.15, 0.2) is 66.9 Å². The van der Waals surface area contributed by atoms with Crippen molar-refractivity contribution in [3.05, 3.63) is 101 Å². The van der Waals surface area contributed by atoms with Gasteiger partial charge < -0.3 is 10.1 Å². The molecule has 9 nitrogen and oxygen atoms in total. The zero-order chi connectivity index (χ0) is 27.7. The Morgan fingerprint density at radius 2 is 1.74 bits per heavy atom. The zero-order valence-corrected chi connectivity index (χ0v) is 21.4. The molecule has 0 radical (unpaired) electrons. The van der Waals surface area contributed by atoms with Gasteiger partial charge in [-0.1, -0.05) is 48.5 Å². The maximum Gasteiger partial charge on any atom is 0.338 e. The molecule has 0 saturated heterocycles. The molecule has 5 rings (SSSR count). The van der Waals surface area contributed by atoms with Crippen LogP contribution in [0.3, 0.4) is 0 Å². The van der Waals surface area contributed by atoms with Crippen LogP contribution >= 0.6 is 0 Å². The minimum absolute atomic E-state index is 0.0128. The van der Waals surface area contributed by atoms with E-state index in [1.165, 1.54) is 19.4 Å². The van der Waals surface area contributed by atoms with Gasteiger partial charge in [-0.3, -0.25) is 9.48 Å². The normalized spacial score (nSPS) is 11.2. The van der Waals surface area contributed by atoms with Crippen molar-refractivity contribution in [1.29, 1.82) is 0 Å². The Kier molecular flexibility index (Phi) is 6.88. The number of alkyl halides is 2. The second-order valence-electron chi connectivity index (χ2n) is 8.83. The molecule has 0 aliphatic rings. The molecule has 1 amide bonds. The molecule has 0 bridgehead atoms. The first kappa shape index (κ1) is 25.7. The number of aromatic nitrogens is 5. The van der Waals surface area contributed by atoms with Gasteiger partial charge in [0.25, 0.3) is 12.3 Å². The molecular formula is C28H24F2N6O3. The standard InChI is InChI=1S/C28H24F2N6O3/c1-16-24(17(2)35(34-16)15-19-11-7-8-12-20(19)28(38)39-3)33-27(37)21-14-31-36-23(25(29)30)13-22(32-26(21)36)18-9-5-4-6-10-18/h4-14,25H,15H2,1-3H3,(H,33,37). The van der Waals surface area contributed by atoms with Crippen molar-refractivity contribution in [2.24, 2.45) is 0 Å². The van der Waals surface area contributed by atoms with Crippen molar-refractivity contribution in [2.45, 2.75) is 26.8 Å². The van der Waals surface area contributed by atoms with Crippen molar-refractivity contribution >= 4 is 23.2 Å². The molecule has 0 aliphatic heterocycles. The predicted octanol–water partition coefficient (Wildman–Crippen LogP) is 5.23. The van der Waals surface area contributed by atoms with Gasteiger partial charge in [0.15, 0.2) is 5.65 Å². The fourth-order valence-electron chi connectivity index (χ4n) is 4.40. The number of carbonyl (C=O) groups excluding carboxylic acids is 2. The fourth-order valence-corrected chi connectivity index (χ4v) is 4.40. The minimum Gasteiger partial charge on any atom is -0.465 e. The van der Waals surface area contributed by atoms with Crippen LogP contribution in [0.2, 0.25) is 0 Å². The van der Waals surface area contributed by atoms with Crippen LogP contribution in [0.1, 0.15) is 49.8 Å². The lowest BCUT2D eigenvalue weighted by Gasteiger charge is -2.10. The highest BCUT2D eigenvalue weighted by Gasteiger charge is 2.23. The van der Waals surface area contributed by atoms with Crippen molar-refractivity contribution in [3.8, 4) is 11.3 Å². The topological polar surface area (TPSA) is 103 Å². The van der Waals surface area contributed by atoms with Crippen LogP contribution < -0.4 is 5.32 Å². The first-order valence-electron chi connectivity index (χ1n) is 12.0. The molecular weight excluding hydrogens is 506 g/mol. The van der Waals surface area contributed by atoms with E-state index in [-0.39, 0.29) is 23.4 Å². The summed E-state index contributed by atoms with van der Waals surface area (Å²) in [5, 5.41) is 11.4. The number of amides is 1. The van der Waals surface area contributed by atoms with Gasteiger partial charge in [0.2, 0.25) is 0 Å². The number of nitrogens with zero attached hydrogens (tertiary/aromatic N) is 5. The van der Waals surface area contributed by atoms with Gasteiger partial charge in [-0.05, 0) is 31.5 Å². The minimum atomic E-state index is -2.83. The molecule has 0 unspecified atom stereocenters. The number of halogens is 2. The summed E-state index contributed by atoms with van der Waals surface area (Å²) in [7, 11) is 1.32. The third kappa shape index (κ3) is 4.86. The summed E-state index contributed by atoms with van der Waals surface area (Å²) in [6.07, 6.45) is -1.61. The Labute approximate surface area is 222 Å². The Morgan fingerprint density at radius 3 is 2.46 bits per heavy atom. The van der Waals surface area contributed by atoms with E-state index in [9.17, 15) is 18.4 Å². The molecule has 1 N–H and O–H groups in total. The molecule has 3 aromatic heterocycles. The lowest BCUT2D eigenvalue weighted by atomic mass is 10.1. The first-order valence-corrected chi connectivity index (χ1v) is 12.0. The average Bonchev–Trinajstić information content (AvgIpc) is 3.49. The molecule has 198 valence electrons. The Morgan fingerprint density at radius 1 is 1.03 bits per heavy atom. The van der Waals surface area contributed by atoms with Crippen LogP contribution in [0, 0.1) is 13.8 Å². The molecule has 0 fully saturated rings. The number of hydrogen-bond acceptors (Lipinski definition) is 6. The number of methoxy groups -OCH3 is 1. The van der Waals surface area contributed by atoms with E-state index in [1.54, 1.807) is 61.0 Å². The third-order valence-corrected chi connectivity index (χ3v) is 6.40. The van der Waals surface area contributed by atoms with Crippen LogP contribution in [-0.4, -0.2) is 43.4 Å². The third-order valence-electron chi connectivity index (χ3n) is 6.40. The average molecular weight is 531 g/mol. The SMILES string of the molecule is COC(=O)c1ccccc1Cn1nc(C)c(NC(=O)c2cnn3c(C(F)F)cc(-c4ccccc4)nc23)c1C. The van der Waals surface area contributed by atoms with Crippen LogP contribution in [0.25, 0.3) is 16.9 Å². The number of hydrogen-bond donors (Lipinski definition) is 1. The van der Waals surface area contributed by atoms with Crippen LogP contribution in [0.4, 0.5) is 14.5 Å². The summed E-state index contributed by atoms with van der Waals surface area (Å²) < 4.78 is 35.4. The van der Waals surface area contributed by atoms with Crippen molar-refractivity contribution < 1.29 is 23.1 Å². The number of rotatable bonds is 7. The van der Waals surface area contributed by atoms with Crippen LogP contribution in [0.5, 0.6) is 0 Å². The quantitative estimate of drug-likeness (QED) is 0.289. The number of carbonyl (C=O) groups is 2. The monoisotopic (exact) mass is 530 g/mol. The van der Waals surface area contributed by atoms with E-state index in [0.29, 0.717) is 39.5 Å². The molecule has 39 heavy (non-hydrogen) atoms. The summed E-state index contributed by atoms with van der Waals surface area (Å²) in [5.41, 5.74) is 3.38. The van der Waals surface area contributed by atoms with Gasteiger partial charge in [0.1, 0.15) is 11.3 Å². The van der Waals surface area contributed by atoms with Gasteiger partial charge in [0.05, 0.1) is 48.2 Å². The predicted molar refractivity (Wildman–Crippen MR) is 140 cm³/mol. The molecule has 0 spiro atoms. The number of ether oxygens (including phenoxy) is 1. The second kappa shape index (κ2) is 10.4. The Balaban J connectivity index is 1.49. The van der Waals surface area contributed by atoms with Crippen LogP contribution in [-0.2, 0) is 11.3 Å². The zero-order valence-electron chi connectivity index (χ0n) is 21.4. The van der Waals surface area contributed by atoms with E-state index in [1.807, 2.05) is 12.1 Å². The fraction of sp³-hybridized carbons (Fsp3) is 0.179. The summed E-state index contributed by atoms with van der Waals surface area (Å²) in [6, 6.07) is 17.2. The number of esters is 1. The van der Waals surface area contributed by atoms with E-state index in [0.717, 1.165) is 4.52 Å². The summed E-state index contributed by atoms with van der Waals surface area (Å²) in [4.78, 5) is 30.1. The van der Waals surface area contributed by atoms with Gasteiger partial charge >= 0.3 is 5.97 Å². The summed E-state index contributed by atoms with van der Waals surface area (Å²) in [5.74, 6) is -1.03. The molecule has 0 atom stereocenters. The molecule has 0 saturated carbocycles. The largest absolute Gasteiger partial charge is 0.465 e. The van der Waals surface area contributed by atoms with Gasteiger partial charge in [-0.25, -0.2) is 23.1 Å². The maximum atomic E-state index is 13.9.